The summed E-state index contributed by atoms with van der Waals surface area (Å²) in [6, 6.07) is 5.01. The van der Waals surface area contributed by atoms with E-state index in [1.165, 1.54) is 6.07 Å². The van der Waals surface area contributed by atoms with E-state index >= 15 is 0 Å². The van der Waals surface area contributed by atoms with Crippen molar-refractivity contribution in [3.63, 3.8) is 0 Å². The van der Waals surface area contributed by atoms with Gasteiger partial charge in [-0.05, 0) is 57.9 Å². The molecule has 102 valence electrons. The van der Waals surface area contributed by atoms with E-state index in [1.54, 1.807) is 19.1 Å². The summed E-state index contributed by atoms with van der Waals surface area (Å²) in [5.74, 6) is 1.68. The molecule has 1 fully saturated rings. The van der Waals surface area contributed by atoms with Gasteiger partial charge in [-0.3, -0.25) is 0 Å². The van der Waals surface area contributed by atoms with Gasteiger partial charge in [-0.25, -0.2) is 4.39 Å². The minimum atomic E-state index is -0.365. The summed E-state index contributed by atoms with van der Waals surface area (Å²) < 4.78 is 24.9. The van der Waals surface area contributed by atoms with Crippen LogP contribution in [0.15, 0.2) is 24.2 Å². The van der Waals surface area contributed by atoms with E-state index in [1.807, 2.05) is 39.7 Å². The quantitative estimate of drug-likeness (QED) is 0.755. The number of hydrogen-bond donors (Lipinski definition) is 0. The molecule has 0 saturated carbocycles. The topological polar surface area (TPSA) is 18.5 Å². The predicted octanol–water partition coefficient (Wildman–Crippen LogP) is 3.78. The summed E-state index contributed by atoms with van der Waals surface area (Å²) in [6.07, 6.45) is 1.90. The zero-order valence-electron chi connectivity index (χ0n) is 12.2. The van der Waals surface area contributed by atoms with Crippen molar-refractivity contribution in [2.24, 2.45) is 0 Å². The average molecular weight is 262 g/mol. The highest BCUT2D eigenvalue weighted by molar-refractivity contribution is 6.52. The normalized spacial score (nSPS) is 21.3. The Morgan fingerprint density at radius 1 is 1.11 bits per heavy atom. The van der Waals surface area contributed by atoms with E-state index in [9.17, 15) is 4.39 Å². The first kappa shape index (κ1) is 14.3. The van der Waals surface area contributed by atoms with Gasteiger partial charge in [0.2, 0.25) is 0 Å². The third-order valence-corrected chi connectivity index (χ3v) is 3.90. The fourth-order valence-electron chi connectivity index (χ4n) is 1.93. The van der Waals surface area contributed by atoms with Gasteiger partial charge < -0.3 is 9.31 Å². The van der Waals surface area contributed by atoms with Crippen LogP contribution in [-0.2, 0) is 9.31 Å². The van der Waals surface area contributed by atoms with Crippen molar-refractivity contribution in [1.82, 2.24) is 0 Å². The first-order chi connectivity index (χ1) is 8.71. The Morgan fingerprint density at radius 2 is 1.68 bits per heavy atom. The molecule has 0 radical (unpaired) electrons. The largest absolute Gasteiger partial charge is 0.487 e. The summed E-state index contributed by atoms with van der Waals surface area (Å²) in [6.45, 7) is 9.82. The monoisotopic (exact) mass is 262 g/mol. The molecule has 0 spiro atoms. The van der Waals surface area contributed by atoms with Gasteiger partial charge in [-0.1, -0.05) is 18.1 Å². The van der Waals surface area contributed by atoms with Crippen LogP contribution < -0.4 is 0 Å². The van der Waals surface area contributed by atoms with Crippen molar-refractivity contribution >= 4 is 13.2 Å². The Balaban J connectivity index is 2.10. The predicted molar refractivity (Wildman–Crippen MR) is 76.3 cm³/mol. The lowest BCUT2D eigenvalue weighted by Gasteiger charge is -2.32. The molecule has 0 amide bonds. The van der Waals surface area contributed by atoms with E-state index in [4.69, 9.17) is 9.31 Å². The fourth-order valence-corrected chi connectivity index (χ4v) is 1.93. The lowest BCUT2D eigenvalue weighted by Crippen LogP contribution is -2.41. The van der Waals surface area contributed by atoms with Crippen molar-refractivity contribution in [3.05, 3.63) is 41.1 Å². The summed E-state index contributed by atoms with van der Waals surface area (Å²) in [5.41, 5.74) is 0.909. The Morgan fingerprint density at radius 3 is 2.21 bits per heavy atom. The molecule has 1 aromatic rings. The van der Waals surface area contributed by atoms with Crippen LogP contribution in [0, 0.1) is 12.7 Å². The lowest BCUT2D eigenvalue weighted by molar-refractivity contribution is 0.00578. The molecule has 1 aromatic carbocycles. The standard InChI is InChI=1S/C15H20BFO2/c1-11-10-12(6-7-13(11)17)8-9-16-18-14(2,3)15(4,5)19-16/h6-10H,1-5H3/b9-8+. The SMILES string of the molecule is Cc1cc(/C=C/B2OC(C)(C)C(C)(C)O2)ccc1F. The van der Waals surface area contributed by atoms with Crippen LogP contribution in [0.5, 0.6) is 0 Å². The maximum Gasteiger partial charge on any atom is 0.487 e. The van der Waals surface area contributed by atoms with Gasteiger partial charge >= 0.3 is 7.12 Å². The fraction of sp³-hybridized carbons (Fsp3) is 0.467. The highest BCUT2D eigenvalue weighted by Crippen LogP contribution is 2.37. The minimum absolute atomic E-state index is 0.187. The molecule has 2 nitrogen and oxygen atoms in total. The van der Waals surface area contributed by atoms with Crippen molar-refractivity contribution < 1.29 is 13.7 Å². The number of benzene rings is 1. The Labute approximate surface area is 114 Å². The van der Waals surface area contributed by atoms with E-state index in [0.717, 1.165) is 5.56 Å². The van der Waals surface area contributed by atoms with Crippen LogP contribution in [0.4, 0.5) is 4.39 Å². The van der Waals surface area contributed by atoms with Gasteiger partial charge in [0.1, 0.15) is 5.82 Å². The van der Waals surface area contributed by atoms with Crippen LogP contribution in [0.1, 0.15) is 38.8 Å². The maximum atomic E-state index is 13.2. The molecule has 19 heavy (non-hydrogen) atoms. The van der Waals surface area contributed by atoms with E-state index in [0.29, 0.717) is 5.56 Å². The van der Waals surface area contributed by atoms with Gasteiger partial charge in [0, 0.05) is 0 Å². The van der Waals surface area contributed by atoms with E-state index in [-0.39, 0.29) is 24.1 Å². The van der Waals surface area contributed by atoms with E-state index in [2.05, 4.69) is 0 Å². The summed E-state index contributed by atoms with van der Waals surface area (Å²) >= 11 is 0. The Kier molecular flexibility index (Phi) is 3.58. The third-order valence-electron chi connectivity index (χ3n) is 3.90. The molecule has 0 N–H and O–H groups in total. The minimum Gasteiger partial charge on any atom is -0.400 e. The van der Waals surface area contributed by atoms with Crippen LogP contribution in [0.3, 0.4) is 0 Å². The second-order valence-electron chi connectivity index (χ2n) is 5.99. The Bertz CT molecular complexity index is 493. The summed E-state index contributed by atoms with van der Waals surface area (Å²) in [7, 11) is -0.365. The van der Waals surface area contributed by atoms with Gasteiger partial charge in [-0.15, -0.1) is 0 Å². The van der Waals surface area contributed by atoms with Crippen molar-refractivity contribution in [2.45, 2.75) is 45.8 Å². The van der Waals surface area contributed by atoms with Crippen molar-refractivity contribution in [1.29, 1.82) is 0 Å². The molecular formula is C15H20BFO2. The number of hydrogen-bond acceptors (Lipinski definition) is 2. The average Bonchev–Trinajstić information content (AvgIpc) is 2.49. The third kappa shape index (κ3) is 2.90. The molecular weight excluding hydrogens is 242 g/mol. The van der Waals surface area contributed by atoms with Crippen LogP contribution in [-0.4, -0.2) is 18.3 Å². The van der Waals surface area contributed by atoms with Gasteiger partial charge in [-0.2, -0.15) is 0 Å². The number of aryl methyl sites for hydroxylation is 1. The molecule has 1 heterocycles. The van der Waals surface area contributed by atoms with Crippen molar-refractivity contribution in [3.8, 4) is 0 Å². The van der Waals surface area contributed by atoms with Gasteiger partial charge in [0.05, 0.1) is 11.2 Å². The second-order valence-corrected chi connectivity index (χ2v) is 5.99. The Hall–Kier alpha value is -1.13. The molecule has 1 aliphatic rings. The molecule has 2 rings (SSSR count). The molecule has 0 atom stereocenters. The highest BCUT2D eigenvalue weighted by Gasteiger charge is 2.49. The van der Waals surface area contributed by atoms with Gasteiger partial charge in [0.25, 0.3) is 0 Å². The first-order valence-electron chi connectivity index (χ1n) is 6.51. The maximum absolute atomic E-state index is 13.2. The van der Waals surface area contributed by atoms with Crippen LogP contribution >= 0.6 is 0 Å². The zero-order chi connectivity index (χ0) is 14.3. The van der Waals surface area contributed by atoms with Crippen LogP contribution in [0.25, 0.3) is 6.08 Å². The molecule has 1 aliphatic heterocycles. The summed E-state index contributed by atoms with van der Waals surface area (Å²) in [4.78, 5) is 0. The highest BCUT2D eigenvalue weighted by atomic mass is 19.1. The zero-order valence-corrected chi connectivity index (χ0v) is 12.2. The lowest BCUT2D eigenvalue weighted by atomic mass is 9.89. The number of rotatable bonds is 2. The molecule has 4 heteroatoms. The molecule has 0 bridgehead atoms. The van der Waals surface area contributed by atoms with E-state index < -0.39 is 0 Å². The molecule has 0 unspecified atom stereocenters. The molecule has 0 aliphatic carbocycles. The van der Waals surface area contributed by atoms with Gasteiger partial charge in [0.15, 0.2) is 0 Å². The second kappa shape index (κ2) is 4.76. The first-order valence-corrected chi connectivity index (χ1v) is 6.51. The summed E-state index contributed by atoms with van der Waals surface area (Å²) in [5, 5.41) is 0. The van der Waals surface area contributed by atoms with Crippen molar-refractivity contribution in [2.75, 3.05) is 0 Å². The number of halogens is 1. The van der Waals surface area contributed by atoms with Crippen LogP contribution in [0.2, 0.25) is 0 Å². The smallest absolute Gasteiger partial charge is 0.400 e. The molecule has 0 aromatic heterocycles. The molecule has 1 saturated heterocycles.